The Morgan fingerprint density at radius 2 is 1.67 bits per heavy atom. The molecule has 2 unspecified atom stereocenters. The van der Waals surface area contributed by atoms with E-state index in [1.165, 1.54) is 4.90 Å². The van der Waals surface area contributed by atoms with Crippen LogP contribution in [0.5, 0.6) is 0 Å². The lowest BCUT2D eigenvalue weighted by Crippen LogP contribution is -2.53. The number of anilines is 1. The third kappa shape index (κ3) is 7.99. The zero-order valence-electron chi connectivity index (χ0n) is 21.8. The zero-order valence-corrected chi connectivity index (χ0v) is 22.7. The van der Waals surface area contributed by atoms with E-state index < -0.39 is 35.6 Å². The van der Waals surface area contributed by atoms with Crippen molar-refractivity contribution in [2.24, 2.45) is 0 Å². The molecule has 3 N–H and O–H groups in total. The number of amides is 3. The minimum atomic E-state index is -1.07. The summed E-state index contributed by atoms with van der Waals surface area (Å²) in [5.41, 5.74) is 3.16. The number of rotatable bonds is 9. The van der Waals surface area contributed by atoms with Gasteiger partial charge in [-0.15, -0.1) is 0 Å². The van der Waals surface area contributed by atoms with E-state index in [0.717, 1.165) is 16.7 Å². The summed E-state index contributed by atoms with van der Waals surface area (Å²) >= 11 is 4.25. The van der Waals surface area contributed by atoms with Gasteiger partial charge in [0, 0.05) is 18.0 Å². The van der Waals surface area contributed by atoms with Crippen molar-refractivity contribution in [1.82, 2.24) is 10.2 Å². The van der Waals surface area contributed by atoms with E-state index in [0.29, 0.717) is 11.3 Å². The number of ether oxygens (including phenoxy) is 1. The van der Waals surface area contributed by atoms with E-state index in [1.807, 2.05) is 51.1 Å². The average Bonchev–Trinajstić information content (AvgIpc) is 2.78. The van der Waals surface area contributed by atoms with Crippen LogP contribution in [-0.2, 0) is 14.3 Å². The van der Waals surface area contributed by atoms with Crippen molar-refractivity contribution in [2.45, 2.75) is 59.2 Å². The second kappa shape index (κ2) is 12.8. The first-order chi connectivity index (χ1) is 16.9. The summed E-state index contributed by atoms with van der Waals surface area (Å²) < 4.78 is 5.29. The molecule has 3 amide bonds. The van der Waals surface area contributed by atoms with Crippen molar-refractivity contribution >= 4 is 36.2 Å². The van der Waals surface area contributed by atoms with E-state index in [-0.39, 0.29) is 18.9 Å². The first-order valence-corrected chi connectivity index (χ1v) is 12.5. The second-order valence-corrected chi connectivity index (χ2v) is 10.1. The molecule has 0 spiro atoms. The van der Waals surface area contributed by atoms with Crippen LogP contribution < -0.4 is 10.6 Å². The molecule has 0 radical (unpaired) electrons. The fraction of sp³-hybridized carbons (Fsp3) is 0.444. The van der Waals surface area contributed by atoms with Crippen LogP contribution >= 0.6 is 12.6 Å². The molecule has 0 saturated carbocycles. The number of hydrogen-bond donors (Lipinski definition) is 4. The molecule has 2 rings (SSSR count). The number of carbonyl (C=O) groups is 3. The van der Waals surface area contributed by atoms with Gasteiger partial charge in [-0.05, 0) is 58.2 Å². The highest BCUT2D eigenvalue weighted by Gasteiger charge is 2.36. The number of para-hydroxylation sites is 1. The van der Waals surface area contributed by atoms with Gasteiger partial charge in [-0.3, -0.25) is 9.59 Å². The lowest BCUT2D eigenvalue weighted by Gasteiger charge is -2.34. The molecular weight excluding hydrogens is 478 g/mol. The minimum Gasteiger partial charge on any atom is -0.444 e. The molecule has 196 valence electrons. The van der Waals surface area contributed by atoms with Gasteiger partial charge >= 0.3 is 6.09 Å². The number of nitrogens with zero attached hydrogens (tertiary/aromatic N) is 1. The van der Waals surface area contributed by atoms with Gasteiger partial charge in [0.1, 0.15) is 17.7 Å². The summed E-state index contributed by atoms with van der Waals surface area (Å²) in [6, 6.07) is 10.8. The summed E-state index contributed by atoms with van der Waals surface area (Å²) in [6.07, 6.45) is -0.772. The molecule has 2 aromatic carbocycles. The highest BCUT2D eigenvalue weighted by Crippen LogP contribution is 2.27. The lowest BCUT2D eigenvalue weighted by molar-refractivity contribution is -0.140. The van der Waals surface area contributed by atoms with Crippen LogP contribution in [0.25, 0.3) is 0 Å². The topological polar surface area (TPSA) is 108 Å². The Balaban J connectivity index is 2.48. The zero-order chi connectivity index (χ0) is 27.0. The van der Waals surface area contributed by atoms with Gasteiger partial charge in [0.25, 0.3) is 5.91 Å². The molecule has 2 atom stereocenters. The summed E-state index contributed by atoms with van der Waals surface area (Å²) in [5.74, 6) is -1.03. The predicted molar refractivity (Wildman–Crippen MR) is 144 cm³/mol. The lowest BCUT2D eigenvalue weighted by atomic mass is 10.00. The SMILES string of the molecule is Cc1cccc(C(C(=O)Nc2c(C)cccc2C)N(CCO)C(=O)C(CS)NC(=O)OC(C)(C)C)c1. The molecule has 0 heterocycles. The summed E-state index contributed by atoms with van der Waals surface area (Å²) in [4.78, 5) is 41.1. The Kier molecular flexibility index (Phi) is 10.4. The minimum absolute atomic E-state index is 0.0287. The van der Waals surface area contributed by atoms with Crippen molar-refractivity contribution in [3.63, 3.8) is 0 Å². The van der Waals surface area contributed by atoms with E-state index in [9.17, 15) is 19.5 Å². The van der Waals surface area contributed by atoms with E-state index in [2.05, 4.69) is 23.3 Å². The highest BCUT2D eigenvalue weighted by molar-refractivity contribution is 7.80. The maximum atomic E-state index is 13.8. The van der Waals surface area contributed by atoms with Crippen LogP contribution in [0.15, 0.2) is 42.5 Å². The molecule has 0 aliphatic heterocycles. The molecule has 0 aliphatic rings. The molecule has 36 heavy (non-hydrogen) atoms. The molecule has 0 fully saturated rings. The maximum absolute atomic E-state index is 13.8. The number of carbonyl (C=O) groups excluding carboxylic acids is 3. The van der Waals surface area contributed by atoms with Gasteiger partial charge in [-0.25, -0.2) is 4.79 Å². The summed E-state index contributed by atoms with van der Waals surface area (Å²) in [6.45, 7) is 10.3. The third-order valence-corrected chi connectivity index (χ3v) is 5.81. The van der Waals surface area contributed by atoms with Crippen molar-refractivity contribution < 1.29 is 24.2 Å². The number of aliphatic hydroxyl groups is 1. The fourth-order valence-corrected chi connectivity index (χ4v) is 4.07. The van der Waals surface area contributed by atoms with E-state index >= 15 is 0 Å². The Labute approximate surface area is 218 Å². The molecule has 0 bridgehead atoms. The van der Waals surface area contributed by atoms with Crippen LogP contribution in [0.2, 0.25) is 0 Å². The van der Waals surface area contributed by atoms with Gasteiger partial charge in [0.15, 0.2) is 0 Å². The van der Waals surface area contributed by atoms with Crippen LogP contribution in [0.1, 0.15) is 49.1 Å². The van der Waals surface area contributed by atoms with Gasteiger partial charge < -0.3 is 25.4 Å². The monoisotopic (exact) mass is 515 g/mol. The van der Waals surface area contributed by atoms with Crippen molar-refractivity contribution in [2.75, 3.05) is 24.2 Å². The summed E-state index contributed by atoms with van der Waals surface area (Å²) in [5, 5.41) is 15.3. The molecule has 0 aliphatic carbocycles. The van der Waals surface area contributed by atoms with E-state index in [4.69, 9.17) is 4.74 Å². The van der Waals surface area contributed by atoms with Crippen LogP contribution in [-0.4, -0.2) is 58.5 Å². The Hall–Kier alpha value is -3.04. The molecule has 2 aromatic rings. The molecular formula is C27H37N3O5S. The van der Waals surface area contributed by atoms with Gasteiger partial charge in [0.2, 0.25) is 5.91 Å². The van der Waals surface area contributed by atoms with Crippen molar-refractivity contribution in [3.05, 3.63) is 64.7 Å². The Bertz CT molecular complexity index is 1060. The highest BCUT2D eigenvalue weighted by atomic mass is 32.1. The largest absolute Gasteiger partial charge is 0.444 e. The number of benzene rings is 2. The number of alkyl carbamates (subject to hydrolysis) is 1. The number of nitrogens with one attached hydrogen (secondary N) is 2. The summed E-state index contributed by atoms with van der Waals surface area (Å²) in [7, 11) is 0. The number of aryl methyl sites for hydroxylation is 3. The molecule has 9 heteroatoms. The molecule has 0 aromatic heterocycles. The van der Waals surface area contributed by atoms with Gasteiger partial charge in [0.05, 0.1) is 6.61 Å². The van der Waals surface area contributed by atoms with Crippen LogP contribution in [0, 0.1) is 20.8 Å². The van der Waals surface area contributed by atoms with Crippen LogP contribution in [0.4, 0.5) is 10.5 Å². The standard InChI is InChI=1S/C27H37N3O5S/c1-17-9-7-12-20(15-17)23(24(32)29-22-18(2)10-8-11-19(22)3)30(13-14-31)25(33)21(16-36)28-26(34)35-27(4,5)6/h7-12,15,21,23,31,36H,13-14,16H2,1-6H3,(H,28,34)(H,29,32). The quantitative estimate of drug-likeness (QED) is 0.379. The predicted octanol–water partition coefficient (Wildman–Crippen LogP) is 3.94. The number of thiol groups is 1. The Morgan fingerprint density at radius 3 is 2.19 bits per heavy atom. The molecule has 8 nitrogen and oxygen atoms in total. The number of aliphatic hydroxyl groups excluding tert-OH is 1. The van der Waals surface area contributed by atoms with Crippen molar-refractivity contribution in [3.8, 4) is 0 Å². The van der Waals surface area contributed by atoms with Gasteiger partial charge in [-0.1, -0.05) is 48.0 Å². The van der Waals surface area contributed by atoms with Crippen molar-refractivity contribution in [1.29, 1.82) is 0 Å². The first-order valence-electron chi connectivity index (χ1n) is 11.8. The average molecular weight is 516 g/mol. The number of hydrogen-bond acceptors (Lipinski definition) is 6. The second-order valence-electron chi connectivity index (χ2n) is 9.71. The van der Waals surface area contributed by atoms with E-state index in [1.54, 1.807) is 32.9 Å². The van der Waals surface area contributed by atoms with Gasteiger partial charge in [-0.2, -0.15) is 12.6 Å². The normalized spacial score (nSPS) is 12.9. The maximum Gasteiger partial charge on any atom is 0.408 e. The molecule has 0 saturated heterocycles. The first kappa shape index (κ1) is 29.2. The Morgan fingerprint density at radius 1 is 1.06 bits per heavy atom. The smallest absolute Gasteiger partial charge is 0.408 e. The van der Waals surface area contributed by atoms with Crippen LogP contribution in [0.3, 0.4) is 0 Å². The third-order valence-electron chi connectivity index (χ3n) is 5.44. The fourth-order valence-electron chi connectivity index (χ4n) is 3.83.